The molecule has 6 atom stereocenters. The van der Waals surface area contributed by atoms with Crippen LogP contribution in [0.4, 0.5) is 4.48 Å². The van der Waals surface area contributed by atoms with Gasteiger partial charge in [-0.15, -0.1) is 4.48 Å². The summed E-state index contributed by atoms with van der Waals surface area (Å²) < 4.78 is 106. The Morgan fingerprint density at radius 1 is 0.545 bits per heavy atom. The third-order valence-electron chi connectivity index (χ3n) is 4.56. The number of nitrogens with one attached hydrogen (secondary N) is 2. The summed E-state index contributed by atoms with van der Waals surface area (Å²) in [6, 6.07) is 0. The molecule has 0 aliphatic heterocycles. The van der Waals surface area contributed by atoms with Gasteiger partial charge in [-0.1, -0.05) is 0 Å². The molecule has 0 spiro atoms. The minimum absolute atomic E-state index is 0.112. The summed E-state index contributed by atoms with van der Waals surface area (Å²) in [5.74, 6) is -1.90. The van der Waals surface area contributed by atoms with E-state index in [0.29, 0.717) is 25.0 Å². The lowest BCUT2D eigenvalue weighted by Crippen LogP contribution is -2.26. The maximum atomic E-state index is 12.7. The van der Waals surface area contributed by atoms with Gasteiger partial charge in [0.1, 0.15) is 25.7 Å². The highest BCUT2D eigenvalue weighted by Gasteiger charge is 2.28. The van der Waals surface area contributed by atoms with Crippen LogP contribution in [0, 0.1) is 11.8 Å². The molecule has 0 heterocycles. The molecule has 37 heteroatoms. The normalized spacial score (nSPS) is 17.9. The van der Waals surface area contributed by atoms with E-state index in [0.717, 1.165) is 6.66 Å². The second-order valence-corrected chi connectivity index (χ2v) is 16.5. The first-order valence-electron chi connectivity index (χ1n) is 14.1. The molecule has 0 saturated heterocycles. The summed E-state index contributed by atoms with van der Waals surface area (Å²) in [5, 5.41) is 26.3. The van der Waals surface area contributed by atoms with Crippen molar-refractivity contribution in [3.8, 4) is 0 Å². The highest BCUT2D eigenvalue weighted by molar-refractivity contribution is 7.52. The van der Waals surface area contributed by atoms with Gasteiger partial charge in [-0.3, -0.25) is 32.0 Å². The molecule has 0 aromatic carbocycles. The predicted molar refractivity (Wildman–Crippen MR) is 164 cm³/mol. The van der Waals surface area contributed by atoms with E-state index in [9.17, 15) is 42.0 Å². The van der Waals surface area contributed by atoms with Gasteiger partial charge in [-0.05, 0) is 17.1 Å². The Balaban J connectivity index is 4.15. The van der Waals surface area contributed by atoms with Gasteiger partial charge < -0.3 is 48.6 Å². The zero-order valence-electron chi connectivity index (χ0n) is 28.2. The Bertz CT molecular complexity index is 1300. The summed E-state index contributed by atoms with van der Waals surface area (Å²) in [6.07, 6.45) is 2.22. The monoisotopic (exact) mass is 922 g/mol. The van der Waals surface area contributed by atoms with Crippen molar-refractivity contribution in [3.63, 3.8) is 0 Å². The van der Waals surface area contributed by atoms with Crippen molar-refractivity contribution in [3.05, 3.63) is 25.0 Å². The van der Waals surface area contributed by atoms with Crippen molar-refractivity contribution in [1.82, 2.24) is 10.9 Å². The van der Waals surface area contributed by atoms with Gasteiger partial charge in [-0.25, -0.2) is 32.6 Å². The van der Waals surface area contributed by atoms with Gasteiger partial charge >= 0.3 is 38.9 Å². The summed E-state index contributed by atoms with van der Waals surface area (Å²) in [4.78, 5) is 72.4. The SMILES string of the molecule is CNCC(COP(=O)(O)O)COP(=O)(O)OCCOOOOO/C=C/OP(=O)(O)OCC(CNF)COP(=O)(O)OCCOOOOO/C=C/OP(C)(=O)O. The Morgan fingerprint density at radius 3 is 1.42 bits per heavy atom. The molecule has 0 fully saturated rings. The molecule has 55 heavy (non-hydrogen) atoms. The fraction of sp³-hybridized carbons (Fsp3) is 0.778. The third kappa shape index (κ3) is 36.9. The number of halogens is 1. The number of hydrogen-bond acceptors (Lipinski definition) is 25. The molecule has 0 radical (unpaired) electrons. The minimum Gasteiger partial charge on any atom is -0.429 e. The molecule has 328 valence electrons. The lowest BCUT2D eigenvalue weighted by atomic mass is 10.2. The van der Waals surface area contributed by atoms with Crippen LogP contribution in [0.2, 0.25) is 0 Å². The van der Waals surface area contributed by atoms with Crippen LogP contribution in [0.5, 0.6) is 0 Å². The maximum Gasteiger partial charge on any atom is 0.526 e. The van der Waals surface area contributed by atoms with Crippen LogP contribution in [0.1, 0.15) is 0 Å². The Morgan fingerprint density at radius 2 is 0.982 bits per heavy atom. The molecule has 0 amide bonds. The van der Waals surface area contributed by atoms with Crippen LogP contribution in [-0.2, 0) is 109 Å². The minimum atomic E-state index is -4.88. The van der Waals surface area contributed by atoms with Crippen LogP contribution in [0.25, 0.3) is 0 Å². The number of phosphoric acid groups is 4. The van der Waals surface area contributed by atoms with Crippen molar-refractivity contribution in [1.29, 1.82) is 0 Å². The van der Waals surface area contributed by atoms with Gasteiger partial charge in [0.15, 0.2) is 12.5 Å². The Hall–Kier alpha value is -1.12. The molecule has 0 bridgehead atoms. The maximum absolute atomic E-state index is 12.7. The third-order valence-corrected chi connectivity index (χ3v) is 8.39. The lowest BCUT2D eigenvalue weighted by Gasteiger charge is -2.19. The van der Waals surface area contributed by atoms with Crippen LogP contribution in [0.15, 0.2) is 25.0 Å². The van der Waals surface area contributed by atoms with E-state index in [-0.39, 0.29) is 6.54 Å². The topological polar surface area (TPSA) is 397 Å². The van der Waals surface area contributed by atoms with Crippen molar-refractivity contribution in [2.45, 2.75) is 0 Å². The second-order valence-electron chi connectivity index (χ2n) is 9.18. The van der Waals surface area contributed by atoms with E-state index in [4.69, 9.17) is 19.2 Å². The van der Waals surface area contributed by atoms with E-state index in [1.165, 1.54) is 12.6 Å². The fourth-order valence-corrected chi connectivity index (χ4v) is 5.40. The molecule has 31 nitrogen and oxygen atoms in total. The Kier molecular flexibility index (Phi) is 29.4. The first kappa shape index (κ1) is 53.9. The molecule has 8 N–H and O–H groups in total. The molecule has 0 aromatic heterocycles. The van der Waals surface area contributed by atoms with E-state index >= 15 is 0 Å². The molecule has 0 aliphatic rings. The largest absolute Gasteiger partial charge is 0.526 e. The summed E-state index contributed by atoms with van der Waals surface area (Å²) in [6.45, 7) is -4.40. The quantitative estimate of drug-likeness (QED) is 0.0105. The highest BCUT2D eigenvalue weighted by Crippen LogP contribution is 2.46. The molecule has 0 rings (SSSR count). The average Bonchev–Trinajstić information content (AvgIpc) is 3.07. The molecular weight excluding hydrogens is 882 g/mol. The second kappa shape index (κ2) is 30.0. The number of rotatable bonds is 38. The predicted octanol–water partition coefficient (Wildman–Crippen LogP) is 0.683. The van der Waals surface area contributed by atoms with E-state index < -0.39 is 110 Å². The number of hydrogen-bond donors (Lipinski definition) is 8. The summed E-state index contributed by atoms with van der Waals surface area (Å²) >= 11 is 0. The zero-order valence-corrected chi connectivity index (χ0v) is 32.7. The molecule has 0 aromatic rings. The lowest BCUT2D eigenvalue weighted by molar-refractivity contribution is -0.700. The molecular formula is C18H40FN2O29P5. The van der Waals surface area contributed by atoms with Gasteiger partial charge in [0.2, 0.25) is 0 Å². The van der Waals surface area contributed by atoms with Crippen molar-refractivity contribution >= 4 is 38.9 Å². The van der Waals surface area contributed by atoms with E-state index in [2.05, 4.69) is 86.8 Å². The number of phosphoric ester groups is 4. The zero-order chi connectivity index (χ0) is 41.7. The first-order chi connectivity index (χ1) is 25.7. The van der Waals surface area contributed by atoms with Crippen LogP contribution < -0.4 is 10.9 Å². The smallest absolute Gasteiger partial charge is 0.429 e. The average molecular weight is 922 g/mol. The van der Waals surface area contributed by atoms with Crippen LogP contribution in [-0.4, -0.2) is 109 Å². The van der Waals surface area contributed by atoms with Gasteiger partial charge in [0, 0.05) is 51.7 Å². The van der Waals surface area contributed by atoms with Crippen molar-refractivity contribution in [2.24, 2.45) is 11.8 Å². The van der Waals surface area contributed by atoms with Gasteiger partial charge in [0.05, 0.1) is 39.6 Å². The van der Waals surface area contributed by atoms with Gasteiger partial charge in [-0.2, -0.15) is 5.54 Å². The van der Waals surface area contributed by atoms with Crippen LogP contribution >= 0.6 is 38.9 Å². The Labute approximate surface area is 309 Å². The highest BCUT2D eigenvalue weighted by atomic mass is 31.2. The molecule has 6 unspecified atom stereocenters. The van der Waals surface area contributed by atoms with Crippen molar-refractivity contribution in [2.75, 3.05) is 79.7 Å². The summed E-state index contributed by atoms with van der Waals surface area (Å²) in [5.41, 5.74) is 1.21. The van der Waals surface area contributed by atoms with Gasteiger partial charge in [0.25, 0.3) is 0 Å². The summed E-state index contributed by atoms with van der Waals surface area (Å²) in [7, 11) is -21.3. The molecule has 0 saturated carbocycles. The molecule has 0 aliphatic carbocycles. The first-order valence-corrected chi connectivity index (χ1v) is 22.2. The fourth-order valence-electron chi connectivity index (χ4n) is 2.50. The standard InChI is InChI=1S/C18H40FN2O29P5/c1-20-11-17(13-41-52(24,25)26)14-42-53(27,28)38-8-4-35-47-50-48-36-6-10-40-55(31,32)44-16-18(12-21-19)15-43-54(29,30)39-9-5-34-46-49-45-33-3-7-37-51(2,22)23/h3,6-7,10,17-18,20-21H,4-5,8-9,11-16H2,1-2H3,(H,22,23)(H,27,28)(H,29,30)(H,31,32)(H2,24,25,26)/b7-3+,10-6+. The van der Waals surface area contributed by atoms with Crippen molar-refractivity contribution < 1.29 is 143 Å². The van der Waals surface area contributed by atoms with Crippen LogP contribution in [0.3, 0.4) is 0 Å². The van der Waals surface area contributed by atoms with E-state index in [1.54, 1.807) is 0 Å². The van der Waals surface area contributed by atoms with E-state index in [1.807, 2.05) is 0 Å².